The molecule has 0 radical (unpaired) electrons. The Balaban J connectivity index is 1.32. The number of hydrogen-bond acceptors (Lipinski definition) is 5. The summed E-state index contributed by atoms with van der Waals surface area (Å²) in [4.78, 5) is 30.3. The van der Waals surface area contributed by atoms with E-state index < -0.39 is 0 Å². The summed E-state index contributed by atoms with van der Waals surface area (Å²) in [5.41, 5.74) is 2.62. The van der Waals surface area contributed by atoms with Crippen LogP contribution in [0.25, 0.3) is 11.0 Å². The van der Waals surface area contributed by atoms with E-state index in [2.05, 4.69) is 10.2 Å². The SMILES string of the molecule is COc1ccc(N2CCN(C(=O)c3oc4ccccc4c3NC(=O)Cc3ccc(F)cc3)CC2)cc1. The van der Waals surface area contributed by atoms with Crippen LogP contribution in [0.1, 0.15) is 16.1 Å². The van der Waals surface area contributed by atoms with Gasteiger partial charge in [0.25, 0.3) is 5.91 Å². The minimum absolute atomic E-state index is 0.0496. The molecule has 5 rings (SSSR count). The number of furan rings is 1. The number of fused-ring (bicyclic) bond motifs is 1. The monoisotopic (exact) mass is 487 g/mol. The van der Waals surface area contributed by atoms with E-state index in [-0.39, 0.29) is 29.8 Å². The van der Waals surface area contributed by atoms with Gasteiger partial charge in [-0.2, -0.15) is 0 Å². The van der Waals surface area contributed by atoms with Crippen molar-refractivity contribution in [1.82, 2.24) is 4.90 Å². The van der Waals surface area contributed by atoms with Crippen LogP contribution in [0.5, 0.6) is 5.75 Å². The molecule has 1 aromatic heterocycles. The molecule has 1 N–H and O–H groups in total. The molecule has 0 atom stereocenters. The van der Waals surface area contributed by atoms with Crippen LogP contribution in [-0.4, -0.2) is 50.0 Å². The molecule has 2 heterocycles. The first kappa shape index (κ1) is 23.4. The molecule has 0 aliphatic carbocycles. The Morgan fingerprint density at radius 2 is 1.64 bits per heavy atom. The summed E-state index contributed by atoms with van der Waals surface area (Å²) in [6, 6.07) is 20.8. The van der Waals surface area contributed by atoms with E-state index in [1.807, 2.05) is 42.5 Å². The van der Waals surface area contributed by atoms with Gasteiger partial charge in [0.15, 0.2) is 0 Å². The van der Waals surface area contributed by atoms with E-state index in [0.717, 1.165) is 11.4 Å². The maximum absolute atomic E-state index is 13.5. The Hall–Kier alpha value is -4.33. The molecule has 184 valence electrons. The average Bonchev–Trinajstić information content (AvgIpc) is 3.28. The number of rotatable bonds is 6. The lowest BCUT2D eigenvalue weighted by molar-refractivity contribution is -0.115. The van der Waals surface area contributed by atoms with Crippen molar-refractivity contribution in [3.8, 4) is 5.75 Å². The molecular weight excluding hydrogens is 461 g/mol. The van der Waals surface area contributed by atoms with Gasteiger partial charge in [0, 0.05) is 37.3 Å². The van der Waals surface area contributed by atoms with Crippen LogP contribution in [0.4, 0.5) is 15.8 Å². The van der Waals surface area contributed by atoms with Crippen molar-refractivity contribution >= 4 is 34.2 Å². The van der Waals surface area contributed by atoms with Crippen molar-refractivity contribution < 1.29 is 23.1 Å². The highest BCUT2D eigenvalue weighted by Gasteiger charge is 2.29. The zero-order valence-electron chi connectivity index (χ0n) is 19.9. The third-order valence-corrected chi connectivity index (χ3v) is 6.34. The zero-order chi connectivity index (χ0) is 25.1. The number of benzene rings is 3. The van der Waals surface area contributed by atoms with Gasteiger partial charge in [-0.3, -0.25) is 9.59 Å². The summed E-state index contributed by atoms with van der Waals surface area (Å²) in [5.74, 6) is -0.0304. The second-order valence-electron chi connectivity index (χ2n) is 8.63. The van der Waals surface area contributed by atoms with E-state index in [1.165, 1.54) is 12.1 Å². The van der Waals surface area contributed by atoms with Gasteiger partial charge in [-0.15, -0.1) is 0 Å². The number of anilines is 2. The number of ether oxygens (including phenoxy) is 1. The lowest BCUT2D eigenvalue weighted by Crippen LogP contribution is -2.48. The van der Waals surface area contributed by atoms with Crippen molar-refractivity contribution in [2.45, 2.75) is 6.42 Å². The van der Waals surface area contributed by atoms with Gasteiger partial charge < -0.3 is 24.3 Å². The Labute approximate surface area is 208 Å². The molecule has 1 aliphatic heterocycles. The molecule has 0 bridgehead atoms. The van der Waals surface area contributed by atoms with Crippen molar-refractivity contribution in [3.63, 3.8) is 0 Å². The van der Waals surface area contributed by atoms with Crippen LogP contribution in [0.2, 0.25) is 0 Å². The smallest absolute Gasteiger partial charge is 0.291 e. The van der Waals surface area contributed by atoms with Gasteiger partial charge in [-0.25, -0.2) is 4.39 Å². The molecule has 3 aromatic carbocycles. The third-order valence-electron chi connectivity index (χ3n) is 6.34. The van der Waals surface area contributed by atoms with Crippen LogP contribution in [0.3, 0.4) is 0 Å². The fourth-order valence-electron chi connectivity index (χ4n) is 4.40. The maximum atomic E-state index is 13.5. The predicted molar refractivity (Wildman–Crippen MR) is 136 cm³/mol. The lowest BCUT2D eigenvalue weighted by Gasteiger charge is -2.35. The third kappa shape index (κ3) is 4.88. The first-order chi connectivity index (χ1) is 17.5. The number of nitrogens with zero attached hydrogens (tertiary/aromatic N) is 2. The number of amides is 2. The van der Waals surface area contributed by atoms with Crippen molar-refractivity contribution in [2.24, 2.45) is 0 Å². The first-order valence-corrected chi connectivity index (χ1v) is 11.8. The number of carbonyl (C=O) groups excluding carboxylic acids is 2. The van der Waals surface area contributed by atoms with Crippen LogP contribution >= 0.6 is 0 Å². The van der Waals surface area contributed by atoms with Crippen molar-refractivity contribution in [2.75, 3.05) is 43.5 Å². The average molecular weight is 488 g/mol. The summed E-state index contributed by atoms with van der Waals surface area (Å²) in [5, 5.41) is 3.52. The zero-order valence-corrected chi connectivity index (χ0v) is 19.9. The number of para-hydroxylation sites is 1. The standard InChI is InChI=1S/C28H26FN3O4/c1-35-22-12-10-21(11-13-22)31-14-16-32(17-15-31)28(34)27-26(23-4-2-3-5-24(23)36-27)30-25(33)18-19-6-8-20(29)9-7-19/h2-13H,14-18H2,1H3,(H,30,33). The topological polar surface area (TPSA) is 75.0 Å². The molecule has 1 saturated heterocycles. The van der Waals surface area contributed by atoms with Crippen LogP contribution in [0.15, 0.2) is 77.2 Å². The summed E-state index contributed by atoms with van der Waals surface area (Å²) in [7, 11) is 1.64. The molecule has 1 fully saturated rings. The Morgan fingerprint density at radius 1 is 0.944 bits per heavy atom. The fourth-order valence-corrected chi connectivity index (χ4v) is 4.40. The van der Waals surface area contributed by atoms with Crippen LogP contribution in [0, 0.1) is 5.82 Å². The highest BCUT2D eigenvalue weighted by molar-refractivity contribution is 6.11. The number of carbonyl (C=O) groups is 2. The van der Waals surface area contributed by atoms with E-state index >= 15 is 0 Å². The number of methoxy groups -OCH3 is 1. The Morgan fingerprint density at radius 3 is 2.33 bits per heavy atom. The molecule has 0 unspecified atom stereocenters. The van der Waals surface area contributed by atoms with E-state index in [9.17, 15) is 14.0 Å². The second-order valence-corrected chi connectivity index (χ2v) is 8.63. The van der Waals surface area contributed by atoms with Gasteiger partial charge in [0.05, 0.1) is 13.5 Å². The second kappa shape index (κ2) is 10.1. The van der Waals surface area contributed by atoms with E-state index in [1.54, 1.807) is 30.2 Å². The Bertz CT molecular complexity index is 1370. The molecule has 2 amide bonds. The number of hydrogen-bond donors (Lipinski definition) is 1. The fraction of sp³-hybridized carbons (Fsp3) is 0.214. The highest BCUT2D eigenvalue weighted by Crippen LogP contribution is 2.32. The number of halogens is 1. The summed E-state index contributed by atoms with van der Waals surface area (Å²) in [6.07, 6.45) is 0.0496. The summed E-state index contributed by atoms with van der Waals surface area (Å²) < 4.78 is 24.4. The normalized spacial score (nSPS) is 13.6. The molecule has 0 saturated carbocycles. The predicted octanol–water partition coefficient (Wildman–Crippen LogP) is 4.72. The van der Waals surface area contributed by atoms with Crippen LogP contribution in [-0.2, 0) is 11.2 Å². The molecule has 1 aliphatic rings. The van der Waals surface area contributed by atoms with E-state index in [0.29, 0.717) is 48.4 Å². The van der Waals surface area contributed by atoms with Crippen molar-refractivity contribution in [1.29, 1.82) is 0 Å². The minimum Gasteiger partial charge on any atom is -0.497 e. The maximum Gasteiger partial charge on any atom is 0.291 e. The Kier molecular flexibility index (Phi) is 6.58. The summed E-state index contributed by atoms with van der Waals surface area (Å²) in [6.45, 7) is 2.38. The largest absolute Gasteiger partial charge is 0.497 e. The molecule has 36 heavy (non-hydrogen) atoms. The number of nitrogens with one attached hydrogen (secondary N) is 1. The molecule has 4 aromatic rings. The van der Waals surface area contributed by atoms with Gasteiger partial charge in [0.1, 0.15) is 22.8 Å². The quantitative estimate of drug-likeness (QED) is 0.426. The molecule has 0 spiro atoms. The highest BCUT2D eigenvalue weighted by atomic mass is 19.1. The van der Waals surface area contributed by atoms with Crippen molar-refractivity contribution in [3.05, 3.63) is 89.9 Å². The van der Waals surface area contributed by atoms with Gasteiger partial charge in [-0.1, -0.05) is 24.3 Å². The molecular formula is C28H26FN3O4. The number of piperazine rings is 1. The molecule has 7 nitrogen and oxygen atoms in total. The minimum atomic E-state index is -0.361. The lowest BCUT2D eigenvalue weighted by atomic mass is 10.1. The van der Waals surface area contributed by atoms with Gasteiger partial charge in [-0.05, 0) is 54.1 Å². The first-order valence-electron chi connectivity index (χ1n) is 11.8. The van der Waals surface area contributed by atoms with Crippen LogP contribution < -0.4 is 15.0 Å². The molecule has 8 heteroatoms. The summed E-state index contributed by atoms with van der Waals surface area (Å²) >= 11 is 0. The van der Waals surface area contributed by atoms with E-state index in [4.69, 9.17) is 9.15 Å². The van der Waals surface area contributed by atoms with Gasteiger partial charge in [0.2, 0.25) is 11.7 Å². The van der Waals surface area contributed by atoms with Gasteiger partial charge >= 0.3 is 0 Å².